The number of ether oxygens (including phenoxy) is 1. The molecule has 0 atom stereocenters. The summed E-state index contributed by atoms with van der Waals surface area (Å²) in [5.41, 5.74) is 4.71. The second-order valence-corrected chi connectivity index (χ2v) is 12.5. The molecule has 0 fully saturated rings. The molecule has 7 heteroatoms. The molecule has 194 valence electrons. The van der Waals surface area contributed by atoms with E-state index in [1.54, 1.807) is 11.0 Å². The van der Waals surface area contributed by atoms with Crippen molar-refractivity contribution in [2.75, 3.05) is 17.8 Å². The average Bonchev–Trinajstić information content (AvgIpc) is 2.87. The van der Waals surface area contributed by atoms with Crippen molar-refractivity contribution in [3.8, 4) is 0 Å². The lowest BCUT2D eigenvalue weighted by molar-refractivity contribution is 0.0270. The van der Waals surface area contributed by atoms with Crippen molar-refractivity contribution >= 4 is 38.1 Å². The quantitative estimate of drug-likeness (QED) is 0.425. The van der Waals surface area contributed by atoms with E-state index in [-0.39, 0.29) is 11.0 Å². The maximum atomic E-state index is 13.5. The molecule has 6 nitrogen and oxygen atoms in total. The number of aryl methyl sites for hydroxylation is 2. The minimum atomic E-state index is -3.79. The number of benzene rings is 3. The van der Waals surface area contributed by atoms with Crippen LogP contribution in [0.1, 0.15) is 56.7 Å². The van der Waals surface area contributed by atoms with Gasteiger partial charge in [-0.3, -0.25) is 4.72 Å². The van der Waals surface area contributed by atoms with Crippen LogP contribution in [0.4, 0.5) is 10.5 Å². The lowest BCUT2D eigenvalue weighted by Gasteiger charge is -2.30. The monoisotopic (exact) mass is 518 g/mol. The molecule has 0 saturated heterocycles. The van der Waals surface area contributed by atoms with Crippen LogP contribution < -0.4 is 4.72 Å². The third-order valence-corrected chi connectivity index (χ3v) is 8.42. The van der Waals surface area contributed by atoms with Gasteiger partial charge in [0.15, 0.2) is 0 Å². The van der Waals surface area contributed by atoms with Crippen molar-refractivity contribution in [2.45, 2.75) is 63.4 Å². The molecule has 5 rings (SSSR count). The molecule has 37 heavy (non-hydrogen) atoms. The summed E-state index contributed by atoms with van der Waals surface area (Å²) in [6, 6.07) is 17.1. The van der Waals surface area contributed by atoms with E-state index in [0.717, 1.165) is 35.8 Å². The molecule has 0 radical (unpaired) electrons. The molecule has 3 aromatic carbocycles. The van der Waals surface area contributed by atoms with Gasteiger partial charge < -0.3 is 9.64 Å². The Kier molecular flexibility index (Phi) is 6.75. The van der Waals surface area contributed by atoms with Gasteiger partial charge in [-0.15, -0.1) is 0 Å². The lowest BCUT2D eigenvalue weighted by Crippen LogP contribution is -2.39. The van der Waals surface area contributed by atoms with Gasteiger partial charge >= 0.3 is 6.09 Å². The Hall–Kier alpha value is -3.32. The fourth-order valence-electron chi connectivity index (χ4n) is 5.20. The first kappa shape index (κ1) is 25.3. The van der Waals surface area contributed by atoms with E-state index in [9.17, 15) is 13.2 Å². The predicted molar refractivity (Wildman–Crippen MR) is 148 cm³/mol. The van der Waals surface area contributed by atoms with Gasteiger partial charge in [0, 0.05) is 24.2 Å². The molecule has 1 aliphatic heterocycles. The maximum Gasteiger partial charge on any atom is 0.410 e. The van der Waals surface area contributed by atoms with Crippen molar-refractivity contribution in [3.63, 3.8) is 0 Å². The van der Waals surface area contributed by atoms with Gasteiger partial charge in [-0.25, -0.2) is 13.2 Å². The fourth-order valence-corrected chi connectivity index (χ4v) is 6.46. The van der Waals surface area contributed by atoms with Crippen LogP contribution in [0.2, 0.25) is 0 Å². The summed E-state index contributed by atoms with van der Waals surface area (Å²) in [6.07, 6.45) is 6.76. The number of hydrogen-bond donors (Lipinski definition) is 1. The normalized spacial score (nSPS) is 16.2. The fraction of sp³-hybridized carbons (Fsp3) is 0.367. The first-order valence-electron chi connectivity index (χ1n) is 12.9. The Morgan fingerprint density at radius 2 is 1.65 bits per heavy atom. The number of nitrogens with one attached hydrogen (secondary N) is 1. The molecular formula is C30H34N2O4S. The van der Waals surface area contributed by atoms with Crippen LogP contribution in [-0.2, 0) is 27.6 Å². The number of rotatable bonds is 4. The zero-order chi connectivity index (χ0) is 26.2. The van der Waals surface area contributed by atoms with Crippen molar-refractivity contribution in [3.05, 3.63) is 77.4 Å². The van der Waals surface area contributed by atoms with Crippen LogP contribution in [0.3, 0.4) is 0 Å². The Bertz CT molecular complexity index is 1490. The van der Waals surface area contributed by atoms with E-state index >= 15 is 0 Å². The van der Waals surface area contributed by atoms with Crippen molar-refractivity contribution in [2.24, 2.45) is 0 Å². The highest BCUT2D eigenvalue weighted by molar-refractivity contribution is 7.93. The summed E-state index contributed by atoms with van der Waals surface area (Å²) in [4.78, 5) is 14.4. The van der Waals surface area contributed by atoms with Crippen molar-refractivity contribution < 1.29 is 17.9 Å². The molecule has 3 aromatic rings. The molecule has 2 aliphatic rings. The Labute approximate surface area is 219 Å². The maximum absolute atomic E-state index is 13.5. The molecule has 1 heterocycles. The van der Waals surface area contributed by atoms with Crippen LogP contribution in [0.25, 0.3) is 16.3 Å². The highest BCUT2D eigenvalue weighted by Gasteiger charge is 2.25. The van der Waals surface area contributed by atoms with Gasteiger partial charge in [0.2, 0.25) is 0 Å². The number of amides is 1. The summed E-state index contributed by atoms with van der Waals surface area (Å²) in [7, 11) is -3.79. The van der Waals surface area contributed by atoms with E-state index in [4.69, 9.17) is 4.74 Å². The number of anilines is 1. The van der Waals surface area contributed by atoms with E-state index in [1.807, 2.05) is 75.4 Å². The number of hydrogen-bond acceptors (Lipinski definition) is 4. The summed E-state index contributed by atoms with van der Waals surface area (Å²) >= 11 is 0. The molecule has 0 saturated carbocycles. The van der Waals surface area contributed by atoms with Crippen molar-refractivity contribution in [1.29, 1.82) is 0 Å². The Morgan fingerprint density at radius 3 is 2.35 bits per heavy atom. The van der Waals surface area contributed by atoms with Crippen LogP contribution >= 0.6 is 0 Å². The zero-order valence-corrected chi connectivity index (χ0v) is 22.5. The van der Waals surface area contributed by atoms with Gasteiger partial charge in [-0.1, -0.05) is 42.5 Å². The molecule has 0 bridgehead atoms. The van der Waals surface area contributed by atoms with E-state index in [0.29, 0.717) is 30.6 Å². The van der Waals surface area contributed by atoms with Crippen LogP contribution in [0, 0.1) is 0 Å². The molecule has 0 unspecified atom stereocenters. The topological polar surface area (TPSA) is 75.7 Å². The Balaban J connectivity index is 1.42. The highest BCUT2D eigenvalue weighted by Crippen LogP contribution is 2.34. The highest BCUT2D eigenvalue weighted by atomic mass is 32.2. The number of sulfonamides is 1. The second-order valence-electron chi connectivity index (χ2n) is 10.9. The lowest BCUT2D eigenvalue weighted by atomic mass is 9.91. The minimum Gasteiger partial charge on any atom is -0.444 e. The number of nitrogens with zero attached hydrogens (tertiary/aromatic N) is 1. The third kappa shape index (κ3) is 5.52. The van der Waals surface area contributed by atoms with E-state index in [2.05, 4.69) is 4.72 Å². The Morgan fingerprint density at radius 1 is 0.919 bits per heavy atom. The van der Waals surface area contributed by atoms with Crippen LogP contribution in [0.5, 0.6) is 0 Å². The van der Waals surface area contributed by atoms with E-state index in [1.165, 1.54) is 17.5 Å². The molecule has 1 amide bonds. The molecule has 1 aliphatic carbocycles. The minimum absolute atomic E-state index is 0.261. The van der Waals surface area contributed by atoms with Gasteiger partial charge in [-0.2, -0.15) is 0 Å². The summed E-state index contributed by atoms with van der Waals surface area (Å²) in [5.74, 6) is 0. The predicted octanol–water partition coefficient (Wildman–Crippen LogP) is 6.54. The van der Waals surface area contributed by atoms with Gasteiger partial charge in [-0.05, 0) is 98.7 Å². The summed E-state index contributed by atoms with van der Waals surface area (Å²) in [5, 5.41) is 1.56. The standard InChI is InChI=1S/C30H34N2O4S/c1-30(2,3)36-29(33)32-18-16-22(17-19-32)25-14-15-28(27-11-7-6-10-26(25)27)37(34,35)31-24-13-12-21-8-4-5-9-23(21)20-24/h6-7,10-16,20,31H,4-5,8-9,17-19H2,1-3H3. The second kappa shape index (κ2) is 9.86. The average molecular weight is 519 g/mol. The smallest absolute Gasteiger partial charge is 0.410 e. The third-order valence-electron chi connectivity index (χ3n) is 6.98. The summed E-state index contributed by atoms with van der Waals surface area (Å²) in [6.45, 7) is 6.59. The number of carbonyl (C=O) groups excluding carboxylic acids is 1. The largest absolute Gasteiger partial charge is 0.444 e. The first-order valence-corrected chi connectivity index (χ1v) is 14.4. The van der Waals surface area contributed by atoms with Crippen LogP contribution in [-0.4, -0.2) is 38.1 Å². The van der Waals surface area contributed by atoms with Gasteiger partial charge in [0.25, 0.3) is 10.0 Å². The molecular weight excluding hydrogens is 484 g/mol. The van der Waals surface area contributed by atoms with Gasteiger partial charge in [0.05, 0.1) is 4.90 Å². The first-order chi connectivity index (χ1) is 17.6. The number of fused-ring (bicyclic) bond motifs is 2. The molecule has 1 N–H and O–H groups in total. The molecule has 0 spiro atoms. The SMILES string of the molecule is CC(C)(C)OC(=O)N1CC=C(c2ccc(S(=O)(=O)Nc3ccc4c(c3)CCCC4)c3ccccc23)CC1. The zero-order valence-electron chi connectivity index (χ0n) is 21.7. The van der Waals surface area contributed by atoms with E-state index < -0.39 is 15.6 Å². The van der Waals surface area contributed by atoms with Crippen LogP contribution in [0.15, 0.2) is 65.6 Å². The summed E-state index contributed by atoms with van der Waals surface area (Å²) < 4.78 is 35.4. The van der Waals surface area contributed by atoms with Crippen molar-refractivity contribution in [1.82, 2.24) is 4.90 Å². The van der Waals surface area contributed by atoms with Gasteiger partial charge in [0.1, 0.15) is 5.60 Å². The number of carbonyl (C=O) groups is 1. The molecule has 0 aromatic heterocycles.